The molecule has 0 radical (unpaired) electrons. The molecule has 48 heavy (non-hydrogen) atoms. The van der Waals surface area contributed by atoms with Crippen LogP contribution in [0, 0.1) is 0 Å². The second-order valence-corrected chi connectivity index (χ2v) is 11.8. The third-order valence-corrected chi connectivity index (χ3v) is 8.49. The van der Waals surface area contributed by atoms with Gasteiger partial charge in [0.25, 0.3) is 0 Å². The third-order valence-electron chi connectivity index (χ3n) is 8.49. The molecule has 0 saturated heterocycles. The minimum atomic E-state index is -0.770. The van der Waals surface area contributed by atoms with Crippen LogP contribution in [0.15, 0.2) is 109 Å². The van der Waals surface area contributed by atoms with Crippen molar-refractivity contribution in [1.29, 1.82) is 0 Å². The van der Waals surface area contributed by atoms with Crippen LogP contribution in [0.5, 0.6) is 23.0 Å². The van der Waals surface area contributed by atoms with Gasteiger partial charge in [0.2, 0.25) is 0 Å². The molecule has 246 valence electrons. The van der Waals surface area contributed by atoms with Gasteiger partial charge in [-0.15, -0.1) is 0 Å². The van der Waals surface area contributed by atoms with Crippen LogP contribution in [0.1, 0.15) is 0 Å². The summed E-state index contributed by atoms with van der Waals surface area (Å²) >= 11 is 0. The maximum Gasteiger partial charge on any atom is 0.161 e. The van der Waals surface area contributed by atoms with Crippen LogP contribution in [0.25, 0.3) is 43.6 Å². The zero-order valence-electron chi connectivity index (χ0n) is 26.8. The quantitative estimate of drug-likeness (QED) is 0.0972. The molecule has 0 saturated carbocycles. The van der Waals surface area contributed by atoms with E-state index in [2.05, 4.69) is 27.0 Å². The summed E-state index contributed by atoms with van der Waals surface area (Å²) in [6, 6.07) is 35.6. The number of hydrogen-bond donors (Lipinski definition) is 4. The third kappa shape index (κ3) is 6.48. The van der Waals surface area contributed by atoms with E-state index in [-0.39, 0.29) is 13.2 Å². The van der Waals surface area contributed by atoms with Crippen molar-refractivity contribution in [2.24, 2.45) is 0 Å². The number of hydrogen-bond acceptors (Lipinski definition) is 7. The van der Waals surface area contributed by atoms with Crippen molar-refractivity contribution in [3.63, 3.8) is 0 Å². The molecule has 2 heterocycles. The lowest BCUT2D eigenvalue weighted by atomic mass is 10.1. The highest BCUT2D eigenvalue weighted by Crippen LogP contribution is 2.37. The number of nitrogens with zero attached hydrogens (tertiary/aromatic N) is 1. The first kappa shape index (κ1) is 31.4. The molecule has 7 aromatic rings. The number of aromatic amines is 1. The van der Waals surface area contributed by atoms with Gasteiger partial charge in [-0.05, 0) is 48.5 Å². The Labute approximate surface area is 278 Å². The van der Waals surface area contributed by atoms with Gasteiger partial charge in [-0.2, -0.15) is 0 Å². The second kappa shape index (κ2) is 14.3. The molecule has 9 nitrogen and oxygen atoms in total. The lowest BCUT2D eigenvalue weighted by molar-refractivity contribution is 0.0952. The summed E-state index contributed by atoms with van der Waals surface area (Å²) in [5.41, 5.74) is 3.97. The second-order valence-electron chi connectivity index (χ2n) is 11.8. The van der Waals surface area contributed by atoms with Crippen molar-refractivity contribution >= 4 is 43.6 Å². The van der Waals surface area contributed by atoms with Crippen LogP contribution < -0.4 is 24.3 Å². The molecular weight excluding hydrogens is 606 g/mol. The Morgan fingerprint density at radius 3 is 2.08 bits per heavy atom. The first-order valence-corrected chi connectivity index (χ1v) is 16.2. The van der Waals surface area contributed by atoms with Crippen LogP contribution in [0.4, 0.5) is 0 Å². The van der Waals surface area contributed by atoms with Crippen molar-refractivity contribution in [1.82, 2.24) is 14.9 Å². The first-order chi connectivity index (χ1) is 23.6. The van der Waals surface area contributed by atoms with Gasteiger partial charge in [-0.3, -0.25) is 0 Å². The van der Waals surface area contributed by atoms with Gasteiger partial charge in [0.1, 0.15) is 43.5 Å². The number of para-hydroxylation sites is 4. The number of aromatic nitrogens is 2. The molecule has 2 atom stereocenters. The van der Waals surface area contributed by atoms with Crippen LogP contribution in [-0.2, 0) is 6.54 Å². The van der Waals surface area contributed by atoms with E-state index in [4.69, 9.17) is 18.9 Å². The highest BCUT2D eigenvalue weighted by molar-refractivity contribution is 6.11. The van der Waals surface area contributed by atoms with Gasteiger partial charge in [0.15, 0.2) is 11.5 Å². The summed E-state index contributed by atoms with van der Waals surface area (Å²) in [6.07, 6.45) is -1.49. The van der Waals surface area contributed by atoms with E-state index >= 15 is 0 Å². The number of fused-ring (bicyclic) bond motifs is 6. The first-order valence-electron chi connectivity index (χ1n) is 16.2. The van der Waals surface area contributed by atoms with Crippen molar-refractivity contribution in [3.8, 4) is 23.0 Å². The minimum absolute atomic E-state index is 0.120. The average molecular weight is 646 g/mol. The van der Waals surface area contributed by atoms with Crippen LogP contribution in [0.2, 0.25) is 0 Å². The number of methoxy groups -OCH3 is 1. The Bertz CT molecular complexity index is 2160. The number of aliphatic hydroxyl groups excluding tert-OH is 2. The minimum Gasteiger partial charge on any atom is -0.493 e. The molecule has 0 aliphatic rings. The van der Waals surface area contributed by atoms with Gasteiger partial charge in [-0.25, -0.2) is 0 Å². The lowest BCUT2D eigenvalue weighted by Gasteiger charge is -2.16. The van der Waals surface area contributed by atoms with Gasteiger partial charge in [-0.1, -0.05) is 60.7 Å². The zero-order chi connectivity index (χ0) is 32.9. The maximum absolute atomic E-state index is 11.3. The van der Waals surface area contributed by atoms with E-state index in [0.717, 1.165) is 49.4 Å². The molecule has 0 aliphatic carbocycles. The SMILES string of the molecule is COc1ccccc1OCCNCC(O)COc1cccc2c1c1ccccc1n2CC(O)COc1cccc2[nH]c3ccccc3c12. The van der Waals surface area contributed by atoms with E-state index in [1.807, 2.05) is 97.1 Å². The molecule has 5 aromatic carbocycles. The molecule has 0 spiro atoms. The van der Waals surface area contributed by atoms with E-state index in [9.17, 15) is 10.2 Å². The molecule has 2 unspecified atom stereocenters. The van der Waals surface area contributed by atoms with Crippen LogP contribution in [-0.4, -0.2) is 72.0 Å². The van der Waals surface area contributed by atoms with Crippen LogP contribution >= 0.6 is 0 Å². The number of rotatable bonds is 15. The molecule has 0 fully saturated rings. The number of H-pyrrole nitrogens is 1. The van der Waals surface area contributed by atoms with Crippen molar-refractivity contribution in [3.05, 3.63) is 109 Å². The highest BCUT2D eigenvalue weighted by Gasteiger charge is 2.19. The van der Waals surface area contributed by atoms with Gasteiger partial charge in [0.05, 0.1) is 24.7 Å². The molecule has 7 rings (SSSR count). The fourth-order valence-electron chi connectivity index (χ4n) is 6.31. The topological polar surface area (TPSA) is 110 Å². The highest BCUT2D eigenvalue weighted by atomic mass is 16.5. The summed E-state index contributed by atoms with van der Waals surface area (Å²) in [5.74, 6) is 2.78. The fourth-order valence-corrected chi connectivity index (χ4v) is 6.31. The smallest absolute Gasteiger partial charge is 0.161 e. The maximum atomic E-state index is 11.3. The Hall–Kier alpha value is -5.22. The van der Waals surface area contributed by atoms with Crippen molar-refractivity contribution in [2.45, 2.75) is 18.8 Å². The Balaban J connectivity index is 1.00. The number of benzene rings is 5. The summed E-state index contributed by atoms with van der Waals surface area (Å²) in [7, 11) is 1.61. The Morgan fingerprint density at radius 1 is 0.625 bits per heavy atom. The van der Waals surface area contributed by atoms with E-state index < -0.39 is 12.2 Å². The van der Waals surface area contributed by atoms with Crippen molar-refractivity contribution in [2.75, 3.05) is 40.0 Å². The molecule has 0 amide bonds. The average Bonchev–Trinajstić information content (AvgIpc) is 3.66. The largest absolute Gasteiger partial charge is 0.493 e. The van der Waals surface area contributed by atoms with E-state index in [1.54, 1.807) is 7.11 Å². The normalized spacial score (nSPS) is 12.9. The number of nitrogens with one attached hydrogen (secondary N) is 2. The monoisotopic (exact) mass is 645 g/mol. The van der Waals surface area contributed by atoms with E-state index in [1.165, 1.54) is 0 Å². The number of aliphatic hydroxyl groups is 2. The number of ether oxygens (including phenoxy) is 4. The molecule has 2 aromatic heterocycles. The van der Waals surface area contributed by atoms with Gasteiger partial charge in [0, 0.05) is 45.7 Å². The Morgan fingerprint density at radius 2 is 1.25 bits per heavy atom. The van der Waals surface area contributed by atoms with Crippen molar-refractivity contribution < 1.29 is 29.2 Å². The summed E-state index contributed by atoms with van der Waals surface area (Å²) in [5, 5.41) is 29.2. The van der Waals surface area contributed by atoms with Crippen LogP contribution in [0.3, 0.4) is 0 Å². The molecule has 0 aliphatic heterocycles. The van der Waals surface area contributed by atoms with Gasteiger partial charge >= 0.3 is 0 Å². The zero-order valence-corrected chi connectivity index (χ0v) is 26.8. The fraction of sp³-hybridized carbons (Fsp3) is 0.231. The molecular formula is C39H39N3O6. The summed E-state index contributed by atoms with van der Waals surface area (Å²) in [6.45, 7) is 1.93. The summed E-state index contributed by atoms with van der Waals surface area (Å²) in [4.78, 5) is 3.44. The molecule has 4 N–H and O–H groups in total. The Kier molecular flexibility index (Phi) is 9.33. The standard InChI is InChI=1S/C39H39N3O6/c1-45-34-16-6-7-17-35(34)46-21-20-40-22-26(43)24-47-37-19-9-15-33-39(37)29-11-3-5-14-32(29)42(33)23-27(44)25-48-36-18-8-13-31-38(36)28-10-2-4-12-30(28)41-31/h2-19,26-27,40-41,43-44H,20-25H2,1H3. The summed E-state index contributed by atoms with van der Waals surface area (Å²) < 4.78 is 25.7. The lowest BCUT2D eigenvalue weighted by Crippen LogP contribution is -2.33. The molecule has 0 bridgehead atoms. The predicted octanol–water partition coefficient (Wildman–Crippen LogP) is 6.29. The van der Waals surface area contributed by atoms with Gasteiger partial charge < -0.3 is 44.0 Å². The van der Waals surface area contributed by atoms with E-state index in [0.29, 0.717) is 43.5 Å². The predicted molar refractivity (Wildman–Crippen MR) is 190 cm³/mol. The molecule has 9 heteroatoms.